The van der Waals surface area contributed by atoms with Crippen molar-refractivity contribution >= 4 is 35.8 Å². The maximum atomic E-state index is 13.9. The van der Waals surface area contributed by atoms with E-state index in [0.717, 1.165) is 22.4 Å². The van der Waals surface area contributed by atoms with E-state index in [-0.39, 0.29) is 12.8 Å². The molecule has 5 unspecified atom stereocenters. The van der Waals surface area contributed by atoms with E-state index < -0.39 is 64.5 Å². The summed E-state index contributed by atoms with van der Waals surface area (Å²) in [6, 6.07) is 20.4. The van der Waals surface area contributed by atoms with Crippen LogP contribution in [0.3, 0.4) is 0 Å². The van der Waals surface area contributed by atoms with Crippen molar-refractivity contribution in [2.45, 2.75) is 89.0 Å². The van der Waals surface area contributed by atoms with Gasteiger partial charge < -0.3 is 35.8 Å². The van der Waals surface area contributed by atoms with Crippen LogP contribution in [0.5, 0.6) is 0 Å². The quantitative estimate of drug-likeness (QED) is 0.138. The highest BCUT2D eigenvalue weighted by atomic mass is 32.2. The Morgan fingerprint density at radius 1 is 0.808 bits per heavy atom. The smallest absolute Gasteiger partial charge is 0.407 e. The molecule has 1 heterocycles. The van der Waals surface area contributed by atoms with Crippen LogP contribution in [0.1, 0.15) is 52.2 Å². The van der Waals surface area contributed by atoms with Crippen molar-refractivity contribution in [2.75, 3.05) is 20.4 Å². The van der Waals surface area contributed by atoms with E-state index >= 15 is 0 Å². The Kier molecular flexibility index (Phi) is 15.5. The molecule has 3 rings (SSSR count). The lowest BCUT2D eigenvalue weighted by atomic mass is 9.85. The number of alkyl carbamates (subject to hydrolysis) is 2. The molecular weight excluding hydrogens is 683 g/mol. The molecule has 0 bridgehead atoms. The molecule has 282 valence electrons. The summed E-state index contributed by atoms with van der Waals surface area (Å²) in [5, 5.41) is 23.0. The van der Waals surface area contributed by atoms with Gasteiger partial charge >= 0.3 is 12.2 Å². The molecule has 0 saturated carbocycles. The summed E-state index contributed by atoms with van der Waals surface area (Å²) in [5.74, 6) is -1.02. The van der Waals surface area contributed by atoms with Crippen LogP contribution < -0.4 is 21.3 Å². The van der Waals surface area contributed by atoms with Gasteiger partial charge in [-0.05, 0) is 68.0 Å². The topological polar surface area (TPSA) is 168 Å². The predicted molar refractivity (Wildman–Crippen MR) is 204 cm³/mol. The molecule has 0 fully saturated rings. The van der Waals surface area contributed by atoms with Gasteiger partial charge in [-0.2, -0.15) is 11.8 Å². The third-order valence-corrected chi connectivity index (χ3v) is 10.0. The molecule has 0 spiro atoms. The number of benzene rings is 2. The summed E-state index contributed by atoms with van der Waals surface area (Å²) in [7, 11) is 2.64. The summed E-state index contributed by atoms with van der Waals surface area (Å²) in [6.45, 7) is 9.06. The number of thioether (sulfide) groups is 1. The minimum absolute atomic E-state index is 0.0363. The first-order chi connectivity index (χ1) is 24.6. The van der Waals surface area contributed by atoms with Gasteiger partial charge in [0.25, 0.3) is 5.91 Å². The highest BCUT2D eigenvalue weighted by Crippen LogP contribution is 2.29. The second-order valence-corrected chi connectivity index (χ2v) is 15.7. The van der Waals surface area contributed by atoms with E-state index in [1.807, 2.05) is 114 Å². The molecule has 4 amide bonds. The standard InChI is InChI=1S/C39H53N5O7S/c1-38(2,3)32(44-37(49)50-7)34(46)43-30(23-26-17-19-27(20-18-26)29-16-12-13-21-41-29)31(45)24-28(22-25-14-10-9-11-15-25)42-35(47)33(39(4,5)52-8)51-36(48)40-6/h9-21,28,30-33,45H,22-24H2,1-8H3,(H,40,48)(H,42,47)(H,43,46)(H,44,49). The van der Waals surface area contributed by atoms with Gasteiger partial charge in [0.05, 0.1) is 29.7 Å². The molecule has 13 heteroatoms. The molecule has 0 saturated heterocycles. The van der Waals surface area contributed by atoms with Crippen LogP contribution in [0.15, 0.2) is 79.0 Å². The number of nitrogens with zero attached hydrogens (tertiary/aromatic N) is 1. The van der Waals surface area contributed by atoms with E-state index in [4.69, 9.17) is 9.47 Å². The van der Waals surface area contributed by atoms with Crippen molar-refractivity contribution in [3.05, 3.63) is 90.1 Å². The fourth-order valence-corrected chi connectivity index (χ4v) is 5.98. The van der Waals surface area contributed by atoms with Crippen LogP contribution in [0.4, 0.5) is 9.59 Å². The zero-order chi connectivity index (χ0) is 38.5. The number of ether oxygens (including phenoxy) is 2. The fraction of sp³-hybridized carbons (Fsp3) is 0.462. The number of carbonyl (C=O) groups excluding carboxylic acids is 4. The number of aliphatic hydroxyl groups is 1. The molecule has 0 radical (unpaired) electrons. The van der Waals surface area contributed by atoms with E-state index in [2.05, 4.69) is 26.3 Å². The Morgan fingerprint density at radius 2 is 1.44 bits per heavy atom. The number of amides is 4. The van der Waals surface area contributed by atoms with Crippen LogP contribution >= 0.6 is 11.8 Å². The molecule has 3 aromatic rings. The predicted octanol–water partition coefficient (Wildman–Crippen LogP) is 4.89. The fourth-order valence-electron chi connectivity index (χ4n) is 5.61. The van der Waals surface area contributed by atoms with Crippen molar-refractivity contribution in [2.24, 2.45) is 5.41 Å². The number of rotatable bonds is 16. The molecule has 0 aliphatic heterocycles. The van der Waals surface area contributed by atoms with Gasteiger partial charge in [-0.15, -0.1) is 0 Å². The SMILES string of the molecule is CNC(=O)OC(C(=O)NC(Cc1ccccc1)CC(O)C(Cc1ccc(-c2ccccn2)cc1)NC(=O)C(NC(=O)OC)C(C)(C)C)C(C)(C)SC. The van der Waals surface area contributed by atoms with Gasteiger partial charge in [0.2, 0.25) is 5.91 Å². The normalized spacial score (nSPS) is 14.5. The first-order valence-corrected chi connectivity index (χ1v) is 18.4. The van der Waals surface area contributed by atoms with E-state index in [1.165, 1.54) is 25.9 Å². The summed E-state index contributed by atoms with van der Waals surface area (Å²) >= 11 is 1.38. The summed E-state index contributed by atoms with van der Waals surface area (Å²) in [4.78, 5) is 56.7. The largest absolute Gasteiger partial charge is 0.453 e. The number of aliphatic hydroxyl groups excluding tert-OH is 1. The zero-order valence-corrected chi connectivity index (χ0v) is 32.1. The second kappa shape index (κ2) is 19.3. The molecule has 0 aliphatic rings. The monoisotopic (exact) mass is 735 g/mol. The van der Waals surface area contributed by atoms with Crippen LogP contribution in [-0.2, 0) is 31.9 Å². The Hall–Kier alpha value is -4.62. The molecule has 5 atom stereocenters. The number of aromatic nitrogens is 1. The number of pyridine rings is 1. The maximum Gasteiger partial charge on any atom is 0.407 e. The molecular formula is C39H53N5O7S. The molecule has 52 heavy (non-hydrogen) atoms. The van der Waals surface area contributed by atoms with Crippen LogP contribution in [0.25, 0.3) is 11.3 Å². The molecule has 1 aromatic heterocycles. The van der Waals surface area contributed by atoms with Crippen LogP contribution in [0.2, 0.25) is 0 Å². The number of carbonyl (C=O) groups is 4. The van der Waals surface area contributed by atoms with Gasteiger partial charge in [-0.3, -0.25) is 14.6 Å². The van der Waals surface area contributed by atoms with Crippen molar-refractivity contribution < 1.29 is 33.8 Å². The second-order valence-electron chi connectivity index (χ2n) is 14.2. The maximum absolute atomic E-state index is 13.9. The van der Waals surface area contributed by atoms with E-state index in [9.17, 15) is 24.3 Å². The molecule has 2 aromatic carbocycles. The Balaban J connectivity index is 1.97. The van der Waals surface area contributed by atoms with Gasteiger partial charge in [-0.25, -0.2) is 9.59 Å². The molecule has 12 nitrogen and oxygen atoms in total. The van der Waals surface area contributed by atoms with Crippen molar-refractivity contribution in [3.63, 3.8) is 0 Å². The third kappa shape index (κ3) is 12.6. The first kappa shape index (κ1) is 41.8. The molecule has 5 N–H and O–H groups in total. The Labute approximate surface area is 311 Å². The van der Waals surface area contributed by atoms with Crippen molar-refractivity contribution in [3.8, 4) is 11.3 Å². The van der Waals surface area contributed by atoms with Gasteiger partial charge in [-0.1, -0.05) is 81.4 Å². The summed E-state index contributed by atoms with van der Waals surface area (Å²) in [5.41, 5.74) is 2.76. The number of nitrogens with one attached hydrogen (secondary N) is 4. The number of hydrogen-bond acceptors (Lipinski definition) is 9. The lowest BCUT2D eigenvalue weighted by molar-refractivity contribution is -0.132. The average molecular weight is 736 g/mol. The van der Waals surface area contributed by atoms with E-state index in [1.54, 1.807) is 6.20 Å². The lowest BCUT2D eigenvalue weighted by Gasteiger charge is -2.35. The Morgan fingerprint density at radius 3 is 2.00 bits per heavy atom. The summed E-state index contributed by atoms with van der Waals surface area (Å²) in [6.07, 6.45) is 0.351. The van der Waals surface area contributed by atoms with Crippen molar-refractivity contribution in [1.82, 2.24) is 26.3 Å². The highest BCUT2D eigenvalue weighted by Gasteiger charge is 2.40. The Bertz CT molecular complexity index is 1600. The van der Waals surface area contributed by atoms with Crippen LogP contribution in [-0.4, -0.2) is 89.6 Å². The summed E-state index contributed by atoms with van der Waals surface area (Å²) < 4.78 is 9.55. The minimum Gasteiger partial charge on any atom is -0.453 e. The minimum atomic E-state index is -1.17. The van der Waals surface area contributed by atoms with Gasteiger partial charge in [0.15, 0.2) is 6.10 Å². The molecule has 0 aliphatic carbocycles. The van der Waals surface area contributed by atoms with Crippen LogP contribution in [0, 0.1) is 5.41 Å². The number of methoxy groups -OCH3 is 1. The van der Waals surface area contributed by atoms with Gasteiger partial charge in [0.1, 0.15) is 6.04 Å². The lowest BCUT2D eigenvalue weighted by Crippen LogP contribution is -2.58. The highest BCUT2D eigenvalue weighted by molar-refractivity contribution is 8.00. The average Bonchev–Trinajstić information content (AvgIpc) is 3.12. The van der Waals surface area contributed by atoms with E-state index in [0.29, 0.717) is 6.42 Å². The van der Waals surface area contributed by atoms with Crippen molar-refractivity contribution in [1.29, 1.82) is 0 Å². The van der Waals surface area contributed by atoms with Gasteiger partial charge in [0, 0.05) is 24.8 Å². The zero-order valence-electron chi connectivity index (χ0n) is 31.3. The first-order valence-electron chi connectivity index (χ1n) is 17.2. The third-order valence-electron chi connectivity index (χ3n) is 8.76. The number of hydrogen-bond donors (Lipinski definition) is 5.